The van der Waals surface area contributed by atoms with E-state index in [1.54, 1.807) is 25.6 Å². The average Bonchev–Trinajstić information content (AvgIpc) is 3.61. The number of benzene rings is 1. The summed E-state index contributed by atoms with van der Waals surface area (Å²) >= 11 is 1.45. The van der Waals surface area contributed by atoms with Crippen molar-refractivity contribution in [3.8, 4) is 11.3 Å². The van der Waals surface area contributed by atoms with Crippen molar-refractivity contribution in [3.05, 3.63) is 102 Å². The molecule has 0 spiro atoms. The van der Waals surface area contributed by atoms with Crippen LogP contribution in [0, 0.1) is 6.92 Å². The highest BCUT2D eigenvalue weighted by Gasteiger charge is 2.34. The fourth-order valence-electron chi connectivity index (χ4n) is 6.76. The van der Waals surface area contributed by atoms with Crippen molar-refractivity contribution < 1.29 is 14.4 Å². The number of fused-ring (bicyclic) bond motifs is 3. The molecule has 1 aromatic carbocycles. The number of H-pyrrole nitrogens is 1. The molecule has 3 atom stereocenters. The molecule has 1 aliphatic heterocycles. The van der Waals surface area contributed by atoms with Gasteiger partial charge in [-0.2, -0.15) is 0 Å². The van der Waals surface area contributed by atoms with Crippen LogP contribution in [0.3, 0.4) is 0 Å². The Kier molecular flexibility index (Phi) is 13.6. The summed E-state index contributed by atoms with van der Waals surface area (Å²) in [5, 5.41) is 11.4. The molecule has 0 aliphatic carbocycles. The summed E-state index contributed by atoms with van der Waals surface area (Å²) < 4.78 is 0. The summed E-state index contributed by atoms with van der Waals surface area (Å²) in [5.41, 5.74) is 17.7. The lowest BCUT2D eigenvalue weighted by Crippen LogP contribution is -2.57. The second kappa shape index (κ2) is 18.9. The van der Waals surface area contributed by atoms with Crippen molar-refractivity contribution in [3.63, 3.8) is 0 Å². The predicted molar refractivity (Wildman–Crippen MR) is 215 cm³/mol. The predicted octanol–water partition coefficient (Wildman–Crippen LogP) is 3.99. The maximum Gasteiger partial charge on any atom is 0.245 e. The number of unbranched alkanes of at least 4 members (excludes halogenated alkanes) is 1. The number of rotatable bonds is 10. The first-order chi connectivity index (χ1) is 26.7. The van der Waals surface area contributed by atoms with Crippen LogP contribution in [0.2, 0.25) is 0 Å². The Hall–Kier alpha value is -5.15. The summed E-state index contributed by atoms with van der Waals surface area (Å²) in [6.45, 7) is 3.32. The third-order valence-electron chi connectivity index (χ3n) is 9.98. The molecule has 4 aromatic heterocycles. The number of hydrogen-bond acceptors (Lipinski definition) is 10. The van der Waals surface area contributed by atoms with Crippen molar-refractivity contribution >= 4 is 40.4 Å². The molecular formula is C41H50N10O3S. The Morgan fingerprint density at radius 1 is 0.855 bits per heavy atom. The molecule has 0 fully saturated rings. The molecule has 0 saturated heterocycles. The van der Waals surface area contributed by atoms with Crippen LogP contribution in [-0.2, 0) is 33.9 Å². The summed E-state index contributed by atoms with van der Waals surface area (Å²) in [4.78, 5) is 62.6. The third-order valence-corrected chi connectivity index (χ3v) is 11.1. The quantitative estimate of drug-likeness (QED) is 0.113. The fraction of sp³-hybridized carbons (Fsp3) is 0.366. The van der Waals surface area contributed by atoms with Crippen LogP contribution in [0.25, 0.3) is 22.2 Å². The lowest BCUT2D eigenvalue weighted by atomic mass is 10.0. The van der Waals surface area contributed by atoms with Crippen LogP contribution in [0.1, 0.15) is 54.5 Å². The van der Waals surface area contributed by atoms with Gasteiger partial charge >= 0.3 is 0 Å². The summed E-state index contributed by atoms with van der Waals surface area (Å²) in [6, 6.07) is 15.2. The number of para-hydroxylation sites is 1. The van der Waals surface area contributed by atoms with Gasteiger partial charge in [-0.05, 0) is 99.1 Å². The van der Waals surface area contributed by atoms with E-state index in [4.69, 9.17) is 21.4 Å². The first kappa shape index (κ1) is 39.5. The van der Waals surface area contributed by atoms with Crippen LogP contribution < -0.4 is 27.4 Å². The maximum absolute atomic E-state index is 14.5. The highest BCUT2D eigenvalue weighted by molar-refractivity contribution is 7.99. The van der Waals surface area contributed by atoms with Crippen LogP contribution >= 0.6 is 11.8 Å². The molecule has 6 rings (SSSR count). The minimum atomic E-state index is -0.899. The zero-order chi connectivity index (χ0) is 38.7. The molecule has 288 valence electrons. The van der Waals surface area contributed by atoms with Gasteiger partial charge in [0.15, 0.2) is 0 Å². The van der Waals surface area contributed by atoms with Crippen molar-refractivity contribution in [2.45, 2.75) is 86.6 Å². The third kappa shape index (κ3) is 9.94. The van der Waals surface area contributed by atoms with Crippen LogP contribution in [-0.4, -0.2) is 80.8 Å². The standard InChI is InChI=1S/C41H50N10O3S/c1-26-14-15-27(21-45-26)35-19-30-24-49-39(53)36(20-29-23-46-32-11-4-3-10-31(29)32)51(2)41(54)34(12-5-6-16-42)50-38(52)33(13-7-17-43)47-22-28-9-8-18-44-40(28)55-37(30)25-48-35/h3-4,8-11,14-15,18-19,21,23,25,33-34,36,46-47H,5-7,12-13,16-17,20,22,24,42-43H2,1-2H3,(H,49,53)(H,50,52)/t33-,34-,36-/m0/s1. The Labute approximate surface area is 325 Å². The van der Waals surface area contributed by atoms with Gasteiger partial charge in [0.2, 0.25) is 17.7 Å². The Morgan fingerprint density at radius 3 is 2.47 bits per heavy atom. The number of carbonyl (C=O) groups is 3. The topological polar surface area (TPSA) is 197 Å². The van der Waals surface area contributed by atoms with Gasteiger partial charge in [0.25, 0.3) is 0 Å². The number of aromatic amines is 1. The highest BCUT2D eigenvalue weighted by Crippen LogP contribution is 2.33. The number of aromatic nitrogens is 4. The largest absolute Gasteiger partial charge is 0.361 e. The first-order valence-corrected chi connectivity index (χ1v) is 19.6. The minimum Gasteiger partial charge on any atom is -0.361 e. The summed E-state index contributed by atoms with van der Waals surface area (Å²) in [5.74, 6) is -0.985. The first-order valence-electron chi connectivity index (χ1n) is 18.8. The molecule has 5 heterocycles. The van der Waals surface area contributed by atoms with E-state index >= 15 is 0 Å². The number of carbonyl (C=O) groups excluding carboxylic acids is 3. The van der Waals surface area contributed by atoms with E-state index < -0.39 is 18.1 Å². The molecule has 0 saturated carbocycles. The van der Waals surface area contributed by atoms with E-state index in [2.05, 4.69) is 25.9 Å². The number of amides is 3. The zero-order valence-electron chi connectivity index (χ0n) is 31.4. The number of nitrogens with one attached hydrogen (secondary N) is 4. The normalized spacial score (nSPS) is 18.7. The molecule has 3 amide bonds. The molecule has 1 aliphatic rings. The van der Waals surface area contributed by atoms with Crippen molar-refractivity contribution in [2.24, 2.45) is 11.5 Å². The smallest absolute Gasteiger partial charge is 0.245 e. The fourth-order valence-corrected chi connectivity index (χ4v) is 7.72. The molecular weight excluding hydrogens is 713 g/mol. The van der Waals surface area contributed by atoms with Gasteiger partial charge in [0, 0.05) is 78.4 Å². The van der Waals surface area contributed by atoms with Gasteiger partial charge < -0.3 is 37.3 Å². The lowest BCUT2D eigenvalue weighted by Gasteiger charge is -2.32. The van der Waals surface area contributed by atoms with E-state index in [-0.39, 0.29) is 30.7 Å². The second-order valence-electron chi connectivity index (χ2n) is 13.9. The molecule has 0 unspecified atom stereocenters. The van der Waals surface area contributed by atoms with E-state index in [0.717, 1.165) is 48.8 Å². The molecule has 8 N–H and O–H groups in total. The van der Waals surface area contributed by atoms with Crippen molar-refractivity contribution in [1.29, 1.82) is 0 Å². The molecule has 0 bridgehead atoms. The van der Waals surface area contributed by atoms with Gasteiger partial charge in [-0.3, -0.25) is 24.4 Å². The number of aryl methyl sites for hydroxylation is 1. The molecule has 0 radical (unpaired) electrons. The van der Waals surface area contributed by atoms with Gasteiger partial charge in [0.1, 0.15) is 17.1 Å². The number of likely N-dealkylation sites (N-methyl/N-ethyl adjacent to an activating group) is 1. The van der Waals surface area contributed by atoms with E-state index in [1.165, 1.54) is 16.7 Å². The average molecular weight is 763 g/mol. The summed E-state index contributed by atoms with van der Waals surface area (Å²) in [7, 11) is 1.64. The highest BCUT2D eigenvalue weighted by atomic mass is 32.2. The SMILES string of the molecule is Cc1ccc(-c2cc3c(cn2)Sc2ncccc2CN[C@@H](CCCN)C(=O)N[C@@H](CCCCN)C(=O)N(C)[C@@H](Cc2c[nH]c4ccccc24)C(=O)NC3)cn1. The lowest BCUT2D eigenvalue weighted by molar-refractivity contribution is -0.142. The van der Waals surface area contributed by atoms with E-state index in [0.29, 0.717) is 57.4 Å². The van der Waals surface area contributed by atoms with Crippen molar-refractivity contribution in [2.75, 3.05) is 20.1 Å². The van der Waals surface area contributed by atoms with Crippen LogP contribution in [0.4, 0.5) is 0 Å². The molecule has 5 aromatic rings. The number of nitrogens with two attached hydrogens (primary N) is 2. The summed E-state index contributed by atoms with van der Waals surface area (Å²) in [6.07, 6.45) is 10.2. The van der Waals surface area contributed by atoms with E-state index in [9.17, 15) is 14.4 Å². The Morgan fingerprint density at radius 2 is 1.67 bits per heavy atom. The Balaban J connectivity index is 1.42. The minimum absolute atomic E-state index is 0.167. The van der Waals surface area contributed by atoms with E-state index in [1.807, 2.05) is 67.7 Å². The zero-order valence-corrected chi connectivity index (χ0v) is 32.2. The molecule has 13 nitrogen and oxygen atoms in total. The van der Waals surface area contributed by atoms with Crippen LogP contribution in [0.15, 0.2) is 89.3 Å². The second-order valence-corrected chi connectivity index (χ2v) is 14.9. The van der Waals surface area contributed by atoms with Gasteiger partial charge in [0.05, 0.1) is 11.7 Å². The Bertz CT molecular complexity index is 2090. The van der Waals surface area contributed by atoms with Gasteiger partial charge in [-0.1, -0.05) is 36.0 Å². The number of hydrogen-bond donors (Lipinski definition) is 6. The molecule has 55 heavy (non-hydrogen) atoms. The molecule has 14 heteroatoms. The maximum atomic E-state index is 14.5. The van der Waals surface area contributed by atoms with Crippen LogP contribution in [0.5, 0.6) is 0 Å². The van der Waals surface area contributed by atoms with Gasteiger partial charge in [-0.15, -0.1) is 0 Å². The number of pyridine rings is 3. The van der Waals surface area contributed by atoms with Crippen molar-refractivity contribution in [1.82, 2.24) is 40.8 Å². The monoisotopic (exact) mass is 762 g/mol. The number of nitrogens with zero attached hydrogens (tertiary/aromatic N) is 4. The van der Waals surface area contributed by atoms with Gasteiger partial charge in [-0.25, -0.2) is 4.98 Å².